The number of amides is 2. The van der Waals surface area contributed by atoms with E-state index in [1.165, 1.54) is 11.1 Å². The fourth-order valence-electron chi connectivity index (χ4n) is 4.19. The van der Waals surface area contributed by atoms with Gasteiger partial charge in [-0.15, -0.1) is 0 Å². The standard InChI is InChI=1S/C22H28N4O3/c1-13-7-16-9-20(29-19(16)8-14(13)2)22(28)26-6-4-5-17(26)11-23-21(27)10-18-15(3)24-12-25-18/h7-8,12,17,20H,4-6,9-11H2,1-3H3,(H,23,27)(H,24,25). The molecule has 4 rings (SSSR count). The molecule has 0 aliphatic carbocycles. The molecule has 7 nitrogen and oxygen atoms in total. The molecule has 7 heteroatoms. The smallest absolute Gasteiger partial charge is 0.264 e. The van der Waals surface area contributed by atoms with Crippen molar-refractivity contribution in [2.45, 2.75) is 58.6 Å². The average Bonchev–Trinajstić information content (AvgIpc) is 3.40. The van der Waals surface area contributed by atoms with Gasteiger partial charge in [0.2, 0.25) is 5.91 Å². The van der Waals surface area contributed by atoms with E-state index in [0.717, 1.165) is 35.5 Å². The number of rotatable bonds is 5. The molecule has 1 aromatic carbocycles. The van der Waals surface area contributed by atoms with E-state index in [0.29, 0.717) is 19.5 Å². The molecule has 2 aliphatic rings. The number of carbonyl (C=O) groups excluding carboxylic acids is 2. The lowest BCUT2D eigenvalue weighted by Crippen LogP contribution is -2.48. The van der Waals surface area contributed by atoms with Gasteiger partial charge in [-0.05, 0) is 56.4 Å². The Bertz CT molecular complexity index is 905. The van der Waals surface area contributed by atoms with Gasteiger partial charge in [0.25, 0.3) is 5.91 Å². The first-order valence-corrected chi connectivity index (χ1v) is 10.2. The van der Waals surface area contributed by atoms with Gasteiger partial charge in [0.1, 0.15) is 5.75 Å². The van der Waals surface area contributed by atoms with E-state index < -0.39 is 6.10 Å². The Hall–Kier alpha value is -2.83. The van der Waals surface area contributed by atoms with E-state index in [1.54, 1.807) is 6.33 Å². The second kappa shape index (κ2) is 7.89. The van der Waals surface area contributed by atoms with Crippen LogP contribution in [0.1, 0.15) is 40.9 Å². The molecule has 0 bridgehead atoms. The maximum atomic E-state index is 13.1. The Morgan fingerprint density at radius 2 is 2.07 bits per heavy atom. The molecule has 2 unspecified atom stereocenters. The molecule has 2 atom stereocenters. The van der Waals surface area contributed by atoms with E-state index in [-0.39, 0.29) is 24.3 Å². The number of H-pyrrole nitrogens is 1. The van der Waals surface area contributed by atoms with Crippen LogP contribution >= 0.6 is 0 Å². The van der Waals surface area contributed by atoms with Crippen LogP contribution in [0.25, 0.3) is 0 Å². The molecule has 2 amide bonds. The first-order valence-electron chi connectivity index (χ1n) is 10.2. The van der Waals surface area contributed by atoms with E-state index in [2.05, 4.69) is 35.2 Å². The highest BCUT2D eigenvalue weighted by molar-refractivity contribution is 5.83. The third kappa shape index (κ3) is 3.99. The number of aromatic nitrogens is 2. The Morgan fingerprint density at radius 3 is 2.83 bits per heavy atom. The van der Waals surface area contributed by atoms with Crippen molar-refractivity contribution in [2.75, 3.05) is 13.1 Å². The number of aryl methyl sites for hydroxylation is 3. The van der Waals surface area contributed by atoms with Crippen LogP contribution in [0.5, 0.6) is 5.75 Å². The van der Waals surface area contributed by atoms with E-state index in [4.69, 9.17) is 4.74 Å². The monoisotopic (exact) mass is 396 g/mol. The van der Waals surface area contributed by atoms with Crippen molar-refractivity contribution in [3.05, 3.63) is 46.5 Å². The maximum absolute atomic E-state index is 13.1. The zero-order valence-electron chi connectivity index (χ0n) is 17.2. The summed E-state index contributed by atoms with van der Waals surface area (Å²) in [5.74, 6) is 0.774. The van der Waals surface area contributed by atoms with Crippen LogP contribution in [0, 0.1) is 20.8 Å². The van der Waals surface area contributed by atoms with Crippen molar-refractivity contribution in [1.29, 1.82) is 0 Å². The molecule has 1 saturated heterocycles. The minimum Gasteiger partial charge on any atom is -0.480 e. The Morgan fingerprint density at radius 1 is 1.28 bits per heavy atom. The van der Waals surface area contributed by atoms with Crippen LogP contribution in [-0.2, 0) is 22.4 Å². The first-order chi connectivity index (χ1) is 13.9. The van der Waals surface area contributed by atoms with E-state index in [1.807, 2.05) is 17.9 Å². The summed E-state index contributed by atoms with van der Waals surface area (Å²) in [5.41, 5.74) is 5.15. The molecule has 3 heterocycles. The van der Waals surface area contributed by atoms with Crippen LogP contribution in [-0.4, -0.2) is 51.9 Å². The van der Waals surface area contributed by atoms with Crippen LogP contribution in [0.2, 0.25) is 0 Å². The molecule has 154 valence electrons. The van der Waals surface area contributed by atoms with Gasteiger partial charge in [-0.25, -0.2) is 4.98 Å². The van der Waals surface area contributed by atoms with Crippen molar-refractivity contribution in [1.82, 2.24) is 20.2 Å². The lowest BCUT2D eigenvalue weighted by atomic mass is 10.0. The third-order valence-corrected chi connectivity index (χ3v) is 6.08. The van der Waals surface area contributed by atoms with Crippen LogP contribution < -0.4 is 10.1 Å². The second-order valence-corrected chi connectivity index (χ2v) is 8.14. The predicted octanol–water partition coefficient (Wildman–Crippen LogP) is 1.99. The number of hydrogen-bond donors (Lipinski definition) is 2. The molecule has 0 radical (unpaired) electrons. The Kier molecular flexibility index (Phi) is 5.30. The molecule has 2 aliphatic heterocycles. The van der Waals surface area contributed by atoms with Gasteiger partial charge in [0.05, 0.1) is 18.4 Å². The van der Waals surface area contributed by atoms with Crippen LogP contribution in [0.4, 0.5) is 0 Å². The topological polar surface area (TPSA) is 87.3 Å². The molecule has 2 aromatic rings. The summed E-state index contributed by atoms with van der Waals surface area (Å²) in [4.78, 5) is 34.4. The number of benzene rings is 1. The lowest BCUT2D eigenvalue weighted by Gasteiger charge is -2.27. The predicted molar refractivity (Wildman–Crippen MR) is 109 cm³/mol. The maximum Gasteiger partial charge on any atom is 0.264 e. The summed E-state index contributed by atoms with van der Waals surface area (Å²) in [6, 6.07) is 4.16. The number of carbonyl (C=O) groups is 2. The van der Waals surface area contributed by atoms with Crippen molar-refractivity contribution < 1.29 is 14.3 Å². The summed E-state index contributed by atoms with van der Waals surface area (Å²) in [6.45, 7) is 7.21. The fourth-order valence-corrected chi connectivity index (χ4v) is 4.19. The Labute approximate surface area is 170 Å². The molecular weight excluding hydrogens is 368 g/mol. The quantitative estimate of drug-likeness (QED) is 0.809. The first kappa shape index (κ1) is 19.5. The number of nitrogens with zero attached hydrogens (tertiary/aromatic N) is 2. The average molecular weight is 396 g/mol. The largest absolute Gasteiger partial charge is 0.480 e. The number of imidazole rings is 1. The zero-order chi connectivity index (χ0) is 20.5. The molecule has 0 spiro atoms. The minimum atomic E-state index is -0.464. The summed E-state index contributed by atoms with van der Waals surface area (Å²) in [5, 5.41) is 2.97. The molecule has 1 fully saturated rings. The molecular formula is C22H28N4O3. The summed E-state index contributed by atoms with van der Waals surface area (Å²) < 4.78 is 5.98. The van der Waals surface area contributed by atoms with Crippen molar-refractivity contribution in [2.24, 2.45) is 0 Å². The number of hydrogen-bond acceptors (Lipinski definition) is 4. The lowest BCUT2D eigenvalue weighted by molar-refractivity contribution is -0.139. The van der Waals surface area contributed by atoms with E-state index >= 15 is 0 Å². The van der Waals surface area contributed by atoms with Crippen LogP contribution in [0.15, 0.2) is 18.5 Å². The molecule has 1 aromatic heterocycles. The molecule has 29 heavy (non-hydrogen) atoms. The van der Waals surface area contributed by atoms with Gasteiger partial charge in [-0.2, -0.15) is 0 Å². The summed E-state index contributed by atoms with van der Waals surface area (Å²) in [6.07, 6.45) is 3.83. The third-order valence-electron chi connectivity index (χ3n) is 6.08. The molecule has 0 saturated carbocycles. The number of ether oxygens (including phenoxy) is 1. The highest BCUT2D eigenvalue weighted by atomic mass is 16.5. The highest BCUT2D eigenvalue weighted by Crippen LogP contribution is 2.33. The van der Waals surface area contributed by atoms with E-state index in [9.17, 15) is 9.59 Å². The Balaban J connectivity index is 1.34. The van der Waals surface area contributed by atoms with Crippen molar-refractivity contribution in [3.8, 4) is 5.75 Å². The van der Waals surface area contributed by atoms with Gasteiger partial charge in [-0.1, -0.05) is 6.07 Å². The van der Waals surface area contributed by atoms with Gasteiger partial charge in [-0.3, -0.25) is 9.59 Å². The van der Waals surface area contributed by atoms with Crippen LogP contribution in [0.3, 0.4) is 0 Å². The van der Waals surface area contributed by atoms with Gasteiger partial charge in [0, 0.05) is 31.2 Å². The number of aromatic amines is 1. The number of fused-ring (bicyclic) bond motifs is 1. The summed E-state index contributed by atoms with van der Waals surface area (Å²) in [7, 11) is 0. The number of likely N-dealkylation sites (tertiary alicyclic amines) is 1. The molecule has 2 N–H and O–H groups in total. The van der Waals surface area contributed by atoms with Crippen molar-refractivity contribution >= 4 is 11.8 Å². The zero-order valence-corrected chi connectivity index (χ0v) is 17.2. The second-order valence-electron chi connectivity index (χ2n) is 8.14. The SMILES string of the molecule is Cc1cc2c(cc1C)OC(C(=O)N1CCCC1CNC(=O)Cc1nc[nH]c1C)C2. The number of nitrogens with one attached hydrogen (secondary N) is 2. The van der Waals surface area contributed by atoms with Crippen molar-refractivity contribution in [3.63, 3.8) is 0 Å². The van der Waals surface area contributed by atoms with Gasteiger partial charge < -0.3 is 19.9 Å². The highest BCUT2D eigenvalue weighted by Gasteiger charge is 2.37. The summed E-state index contributed by atoms with van der Waals surface area (Å²) >= 11 is 0. The normalized spacial score (nSPS) is 20.4. The van der Waals surface area contributed by atoms with Gasteiger partial charge in [0.15, 0.2) is 6.10 Å². The fraction of sp³-hybridized carbons (Fsp3) is 0.500. The minimum absolute atomic E-state index is 0.0162. The van der Waals surface area contributed by atoms with Gasteiger partial charge >= 0.3 is 0 Å².